The van der Waals surface area contributed by atoms with Gasteiger partial charge in [0.2, 0.25) is 0 Å². The Morgan fingerprint density at radius 3 is 2.39 bits per heavy atom. The number of halogens is 2. The summed E-state index contributed by atoms with van der Waals surface area (Å²) in [7, 11) is 1.62. The number of fused-ring (bicyclic) bond motifs is 1. The number of carbonyl (C=O) groups is 1. The van der Waals surface area contributed by atoms with Gasteiger partial charge in [0.25, 0.3) is 5.91 Å². The van der Waals surface area contributed by atoms with E-state index in [1.165, 1.54) is 16.7 Å². The fraction of sp³-hybridized carbons (Fsp3) is 0.167. The minimum atomic E-state index is -0.879. The number of nitrogens with one attached hydrogen (secondary N) is 1. The second-order valence-corrected chi connectivity index (χ2v) is 7.71. The summed E-state index contributed by atoms with van der Waals surface area (Å²) in [6.45, 7) is 0. The molecular formula is C24H18F2N2O3. The Morgan fingerprint density at radius 2 is 1.74 bits per heavy atom. The molecule has 1 heterocycles. The Bertz CT molecular complexity index is 1360. The SMILES string of the molecule is Cn1c(=O)oc2c(C3CC3)c(-c3cc(F)c(NC(=O)c4ccccc4)c(F)c3)ccc21. The first-order valence-electron chi connectivity index (χ1n) is 9.92. The number of hydrogen-bond donors (Lipinski definition) is 1. The van der Waals surface area contributed by atoms with Crippen molar-refractivity contribution in [1.29, 1.82) is 0 Å². The molecule has 0 saturated heterocycles. The van der Waals surface area contributed by atoms with Crippen molar-refractivity contribution in [1.82, 2.24) is 4.57 Å². The fourth-order valence-electron chi connectivity index (χ4n) is 3.87. The van der Waals surface area contributed by atoms with Crippen molar-refractivity contribution in [3.05, 3.63) is 87.9 Å². The molecule has 0 bridgehead atoms. The Hall–Kier alpha value is -3.74. The lowest BCUT2D eigenvalue weighted by molar-refractivity contribution is 0.102. The molecule has 1 aliphatic rings. The highest BCUT2D eigenvalue weighted by atomic mass is 19.1. The Balaban J connectivity index is 1.58. The maximum atomic E-state index is 14.9. The van der Waals surface area contributed by atoms with Gasteiger partial charge in [-0.15, -0.1) is 0 Å². The minimum Gasteiger partial charge on any atom is -0.407 e. The maximum Gasteiger partial charge on any atom is 0.419 e. The van der Waals surface area contributed by atoms with Crippen LogP contribution in [0.15, 0.2) is 63.8 Å². The predicted molar refractivity (Wildman–Crippen MR) is 113 cm³/mol. The molecule has 0 spiro atoms. The third-order valence-electron chi connectivity index (χ3n) is 5.61. The van der Waals surface area contributed by atoms with Crippen molar-refractivity contribution in [2.75, 3.05) is 5.32 Å². The lowest BCUT2D eigenvalue weighted by atomic mass is 9.95. The summed E-state index contributed by atoms with van der Waals surface area (Å²) >= 11 is 0. The summed E-state index contributed by atoms with van der Waals surface area (Å²) in [4.78, 5) is 24.3. The van der Waals surface area contributed by atoms with Crippen molar-refractivity contribution in [2.45, 2.75) is 18.8 Å². The van der Waals surface area contributed by atoms with Crippen molar-refractivity contribution in [3.8, 4) is 11.1 Å². The van der Waals surface area contributed by atoms with Gasteiger partial charge in [0.05, 0.1) is 5.52 Å². The average molecular weight is 420 g/mol. The molecule has 1 aromatic heterocycles. The first kappa shape index (κ1) is 19.2. The second-order valence-electron chi connectivity index (χ2n) is 7.71. The predicted octanol–water partition coefficient (Wildman–Crippen LogP) is 5.21. The quantitative estimate of drug-likeness (QED) is 0.493. The van der Waals surface area contributed by atoms with E-state index >= 15 is 0 Å². The van der Waals surface area contributed by atoms with Gasteiger partial charge >= 0.3 is 5.76 Å². The zero-order chi connectivity index (χ0) is 21.7. The molecule has 0 aliphatic heterocycles. The van der Waals surface area contributed by atoms with Crippen LogP contribution in [0.4, 0.5) is 14.5 Å². The number of aromatic nitrogens is 1. The van der Waals surface area contributed by atoms with Gasteiger partial charge in [0.1, 0.15) is 17.3 Å². The fourth-order valence-corrected chi connectivity index (χ4v) is 3.87. The topological polar surface area (TPSA) is 64.2 Å². The Morgan fingerprint density at radius 1 is 1.06 bits per heavy atom. The summed E-state index contributed by atoms with van der Waals surface area (Å²) in [5, 5.41) is 2.31. The molecular weight excluding hydrogens is 402 g/mol. The molecule has 1 fully saturated rings. The van der Waals surface area contributed by atoms with Crippen LogP contribution in [0.25, 0.3) is 22.2 Å². The highest BCUT2D eigenvalue weighted by molar-refractivity contribution is 6.04. The molecule has 1 aliphatic carbocycles. The van der Waals surface area contributed by atoms with Crippen LogP contribution in [0.5, 0.6) is 0 Å². The van der Waals surface area contributed by atoms with Gasteiger partial charge < -0.3 is 9.73 Å². The molecule has 156 valence electrons. The molecule has 5 nitrogen and oxygen atoms in total. The second kappa shape index (κ2) is 7.19. The van der Waals surface area contributed by atoms with Crippen molar-refractivity contribution < 1.29 is 18.0 Å². The smallest absolute Gasteiger partial charge is 0.407 e. The van der Waals surface area contributed by atoms with Crippen LogP contribution < -0.4 is 11.1 Å². The van der Waals surface area contributed by atoms with E-state index in [-0.39, 0.29) is 5.92 Å². The molecule has 0 radical (unpaired) electrons. The zero-order valence-corrected chi connectivity index (χ0v) is 16.6. The van der Waals surface area contributed by atoms with E-state index < -0.39 is 29.0 Å². The van der Waals surface area contributed by atoms with E-state index in [1.807, 2.05) is 0 Å². The van der Waals surface area contributed by atoms with Gasteiger partial charge in [-0.25, -0.2) is 13.6 Å². The monoisotopic (exact) mass is 420 g/mol. The molecule has 1 N–H and O–H groups in total. The average Bonchev–Trinajstić information content (AvgIpc) is 3.56. The van der Waals surface area contributed by atoms with E-state index in [9.17, 15) is 18.4 Å². The Labute approximate surface area is 175 Å². The van der Waals surface area contributed by atoms with E-state index in [1.54, 1.807) is 49.5 Å². The van der Waals surface area contributed by atoms with Crippen LogP contribution in [-0.4, -0.2) is 10.5 Å². The van der Waals surface area contributed by atoms with E-state index in [2.05, 4.69) is 5.32 Å². The van der Waals surface area contributed by atoms with Crippen molar-refractivity contribution in [2.24, 2.45) is 7.05 Å². The number of nitrogens with zero attached hydrogens (tertiary/aromatic N) is 1. The van der Waals surface area contributed by atoms with Crippen LogP contribution in [0, 0.1) is 11.6 Å². The maximum absolute atomic E-state index is 14.9. The highest BCUT2D eigenvalue weighted by Crippen LogP contribution is 2.47. The number of amides is 1. The molecule has 0 unspecified atom stereocenters. The molecule has 1 saturated carbocycles. The number of aryl methyl sites for hydroxylation is 1. The van der Waals surface area contributed by atoms with Crippen molar-refractivity contribution in [3.63, 3.8) is 0 Å². The van der Waals surface area contributed by atoms with Gasteiger partial charge in [-0.1, -0.05) is 24.3 Å². The van der Waals surface area contributed by atoms with E-state index in [0.29, 0.717) is 27.8 Å². The minimum absolute atomic E-state index is 0.174. The number of oxazole rings is 1. The summed E-state index contributed by atoms with van der Waals surface area (Å²) in [5.41, 5.74) is 2.61. The van der Waals surface area contributed by atoms with Crippen LogP contribution in [0.1, 0.15) is 34.7 Å². The first-order valence-corrected chi connectivity index (χ1v) is 9.92. The first-order chi connectivity index (χ1) is 14.9. The standard InChI is InChI=1S/C24H18F2N2O3/c1-28-19-10-9-16(20(13-7-8-13)22(19)31-24(28)30)15-11-17(25)21(18(26)12-15)27-23(29)14-5-3-2-4-6-14/h2-6,9-13H,7-8H2,1H3,(H,27,29). The number of hydrogen-bond acceptors (Lipinski definition) is 3. The third kappa shape index (κ3) is 3.32. The number of carbonyl (C=O) groups excluding carboxylic acids is 1. The molecule has 3 aromatic carbocycles. The van der Waals surface area contributed by atoms with Crippen LogP contribution in [0.3, 0.4) is 0 Å². The lowest BCUT2D eigenvalue weighted by Gasteiger charge is -2.13. The molecule has 4 aromatic rings. The van der Waals surface area contributed by atoms with Gasteiger partial charge in [0.15, 0.2) is 5.58 Å². The normalized spacial score (nSPS) is 13.5. The van der Waals surface area contributed by atoms with Gasteiger partial charge in [-0.3, -0.25) is 9.36 Å². The summed E-state index contributed by atoms with van der Waals surface area (Å²) < 4.78 is 36.6. The molecule has 1 amide bonds. The molecule has 5 rings (SSSR count). The van der Waals surface area contributed by atoms with Crippen molar-refractivity contribution >= 4 is 22.7 Å². The Kier molecular flexibility index (Phi) is 4.46. The summed E-state index contributed by atoms with van der Waals surface area (Å²) in [5.74, 6) is -2.67. The highest BCUT2D eigenvalue weighted by Gasteiger charge is 2.31. The summed E-state index contributed by atoms with van der Waals surface area (Å²) in [6, 6.07) is 14.0. The summed E-state index contributed by atoms with van der Waals surface area (Å²) in [6.07, 6.45) is 1.84. The largest absolute Gasteiger partial charge is 0.419 e. The van der Waals surface area contributed by atoms with Crippen LogP contribution >= 0.6 is 0 Å². The van der Waals surface area contributed by atoms with E-state index in [0.717, 1.165) is 18.4 Å². The molecule has 7 heteroatoms. The van der Waals surface area contributed by atoms with E-state index in [4.69, 9.17) is 4.42 Å². The number of anilines is 1. The molecule has 0 atom stereocenters. The van der Waals surface area contributed by atoms with Crippen LogP contribution in [-0.2, 0) is 7.05 Å². The van der Waals surface area contributed by atoms with Gasteiger partial charge in [-0.05, 0) is 60.2 Å². The number of benzene rings is 3. The van der Waals surface area contributed by atoms with Gasteiger partial charge in [-0.2, -0.15) is 0 Å². The third-order valence-corrected chi connectivity index (χ3v) is 5.61. The molecule has 31 heavy (non-hydrogen) atoms. The van der Waals surface area contributed by atoms with Crippen LogP contribution in [0.2, 0.25) is 0 Å². The zero-order valence-electron chi connectivity index (χ0n) is 16.6. The number of rotatable bonds is 4. The lowest BCUT2D eigenvalue weighted by Crippen LogP contribution is -2.14. The van der Waals surface area contributed by atoms with Gasteiger partial charge in [0, 0.05) is 18.2 Å².